The van der Waals surface area contributed by atoms with Crippen molar-refractivity contribution in [2.45, 2.75) is 19.4 Å². The Morgan fingerprint density at radius 1 is 1.13 bits per heavy atom. The Morgan fingerprint density at radius 3 is 2.67 bits per heavy atom. The molecule has 1 aliphatic rings. The maximum atomic E-state index is 12.6. The maximum absolute atomic E-state index is 12.6. The predicted molar refractivity (Wildman–Crippen MR) is 114 cm³/mol. The number of carbonyl (C=O) groups is 2. The number of benzene rings is 2. The van der Waals surface area contributed by atoms with Gasteiger partial charge in [0.15, 0.2) is 0 Å². The van der Waals surface area contributed by atoms with Crippen molar-refractivity contribution < 1.29 is 14.3 Å². The molecule has 9 heteroatoms. The first kappa shape index (κ1) is 19.3. The highest BCUT2D eigenvalue weighted by Crippen LogP contribution is 2.18. The monoisotopic (exact) mass is 404 g/mol. The second-order valence-electron chi connectivity index (χ2n) is 6.74. The van der Waals surface area contributed by atoms with E-state index in [1.54, 1.807) is 31.4 Å². The van der Waals surface area contributed by atoms with Crippen molar-refractivity contribution in [3.8, 4) is 5.75 Å². The average Bonchev–Trinajstić information content (AvgIpc) is 2.74. The van der Waals surface area contributed by atoms with Gasteiger partial charge < -0.3 is 10.1 Å². The number of aryl methyl sites for hydroxylation is 1. The van der Waals surface area contributed by atoms with Crippen molar-refractivity contribution >= 4 is 40.3 Å². The van der Waals surface area contributed by atoms with E-state index in [2.05, 4.69) is 30.9 Å². The summed E-state index contributed by atoms with van der Waals surface area (Å²) < 4.78 is 5.10. The second-order valence-corrected chi connectivity index (χ2v) is 6.74. The number of aliphatic imine (C=N–C) groups is 1. The SMILES string of the molecule is COc1ccc(NC(=O)[C@H]2CC(=O)NC(Nc3nc(C)c4ccccc4n3)=N2)cc1. The van der Waals surface area contributed by atoms with Crippen LogP contribution < -0.4 is 20.7 Å². The van der Waals surface area contributed by atoms with E-state index in [9.17, 15) is 9.59 Å². The van der Waals surface area contributed by atoms with Crippen LogP contribution in [0.25, 0.3) is 10.9 Å². The van der Waals surface area contributed by atoms with E-state index in [0.717, 1.165) is 16.6 Å². The first-order valence-electron chi connectivity index (χ1n) is 9.35. The number of hydrogen-bond acceptors (Lipinski definition) is 7. The molecule has 2 amide bonds. The molecule has 152 valence electrons. The minimum atomic E-state index is -0.870. The fourth-order valence-corrected chi connectivity index (χ4v) is 3.10. The summed E-state index contributed by atoms with van der Waals surface area (Å²) >= 11 is 0. The van der Waals surface area contributed by atoms with E-state index in [4.69, 9.17) is 4.74 Å². The van der Waals surface area contributed by atoms with Crippen LogP contribution in [0.1, 0.15) is 12.1 Å². The summed E-state index contributed by atoms with van der Waals surface area (Å²) in [5, 5.41) is 9.23. The number of guanidine groups is 1. The van der Waals surface area contributed by atoms with Crippen LogP contribution in [0.2, 0.25) is 0 Å². The number of amides is 2. The van der Waals surface area contributed by atoms with E-state index in [0.29, 0.717) is 17.4 Å². The van der Waals surface area contributed by atoms with Crippen molar-refractivity contribution in [3.63, 3.8) is 0 Å². The molecule has 0 radical (unpaired) electrons. The minimum absolute atomic E-state index is 0.0508. The highest BCUT2D eigenvalue weighted by Gasteiger charge is 2.27. The summed E-state index contributed by atoms with van der Waals surface area (Å²) in [6.07, 6.45) is -0.0508. The largest absolute Gasteiger partial charge is 0.497 e. The fraction of sp³-hybridized carbons (Fsp3) is 0.190. The van der Waals surface area contributed by atoms with E-state index < -0.39 is 6.04 Å². The van der Waals surface area contributed by atoms with Crippen LogP contribution in [0.3, 0.4) is 0 Å². The molecule has 0 spiro atoms. The predicted octanol–water partition coefficient (Wildman–Crippen LogP) is 2.24. The lowest BCUT2D eigenvalue weighted by molar-refractivity contribution is -0.124. The summed E-state index contributed by atoms with van der Waals surface area (Å²) in [6.45, 7) is 1.88. The van der Waals surface area contributed by atoms with Gasteiger partial charge in [-0.1, -0.05) is 18.2 Å². The average molecular weight is 404 g/mol. The lowest BCUT2D eigenvalue weighted by Crippen LogP contribution is -2.46. The van der Waals surface area contributed by atoms with E-state index in [1.807, 2.05) is 31.2 Å². The Morgan fingerprint density at radius 2 is 1.90 bits per heavy atom. The molecule has 4 rings (SSSR count). The van der Waals surface area contributed by atoms with Crippen LogP contribution in [0.15, 0.2) is 53.5 Å². The highest BCUT2D eigenvalue weighted by atomic mass is 16.5. The van der Waals surface area contributed by atoms with Gasteiger partial charge in [-0.05, 0) is 37.3 Å². The van der Waals surface area contributed by atoms with Gasteiger partial charge in [0, 0.05) is 11.1 Å². The van der Waals surface area contributed by atoms with Crippen LogP contribution in [-0.2, 0) is 9.59 Å². The molecule has 3 N–H and O–H groups in total. The number of fused-ring (bicyclic) bond motifs is 1. The van der Waals surface area contributed by atoms with Gasteiger partial charge in [-0.25, -0.2) is 15.0 Å². The van der Waals surface area contributed by atoms with Gasteiger partial charge in [-0.15, -0.1) is 0 Å². The molecule has 1 atom stereocenters. The molecule has 0 saturated heterocycles. The quantitative estimate of drug-likeness (QED) is 0.614. The summed E-state index contributed by atoms with van der Waals surface area (Å²) in [7, 11) is 1.57. The number of nitrogens with zero attached hydrogens (tertiary/aromatic N) is 3. The Hall–Kier alpha value is -4.01. The maximum Gasteiger partial charge on any atom is 0.249 e. The number of nitrogens with one attached hydrogen (secondary N) is 3. The molecule has 1 aliphatic heterocycles. The number of ether oxygens (including phenoxy) is 1. The summed E-state index contributed by atoms with van der Waals surface area (Å²) in [4.78, 5) is 37.9. The number of carbonyl (C=O) groups excluding carboxylic acids is 2. The molecule has 0 bridgehead atoms. The van der Waals surface area contributed by atoms with Crippen molar-refractivity contribution in [2.75, 3.05) is 17.7 Å². The number of rotatable bonds is 4. The van der Waals surface area contributed by atoms with Crippen molar-refractivity contribution in [1.29, 1.82) is 0 Å². The molecule has 30 heavy (non-hydrogen) atoms. The van der Waals surface area contributed by atoms with E-state index >= 15 is 0 Å². The molecular weight excluding hydrogens is 384 g/mol. The molecule has 0 aliphatic carbocycles. The van der Waals surface area contributed by atoms with Crippen LogP contribution in [0.4, 0.5) is 11.6 Å². The van der Waals surface area contributed by atoms with Gasteiger partial charge in [0.25, 0.3) is 0 Å². The molecule has 2 aromatic carbocycles. The van der Waals surface area contributed by atoms with Crippen LogP contribution in [0, 0.1) is 6.92 Å². The van der Waals surface area contributed by atoms with Gasteiger partial charge in [-0.3, -0.25) is 20.2 Å². The van der Waals surface area contributed by atoms with Gasteiger partial charge >= 0.3 is 0 Å². The van der Waals surface area contributed by atoms with Gasteiger partial charge in [-0.2, -0.15) is 0 Å². The topological polar surface area (TPSA) is 118 Å². The second kappa shape index (κ2) is 8.16. The Kier molecular flexibility index (Phi) is 5.25. The third-order valence-corrected chi connectivity index (χ3v) is 4.61. The molecule has 0 fully saturated rings. The van der Waals surface area contributed by atoms with Crippen LogP contribution in [0.5, 0.6) is 5.75 Å². The smallest absolute Gasteiger partial charge is 0.249 e. The fourth-order valence-electron chi connectivity index (χ4n) is 3.10. The number of anilines is 2. The molecule has 3 aromatic rings. The molecule has 2 heterocycles. The first-order chi connectivity index (χ1) is 14.5. The lowest BCUT2D eigenvalue weighted by Gasteiger charge is -2.21. The number of hydrogen-bond donors (Lipinski definition) is 3. The first-order valence-corrected chi connectivity index (χ1v) is 9.35. The lowest BCUT2D eigenvalue weighted by atomic mass is 10.1. The Balaban J connectivity index is 1.52. The number of aromatic nitrogens is 2. The van der Waals surface area contributed by atoms with Crippen molar-refractivity contribution in [2.24, 2.45) is 4.99 Å². The number of methoxy groups -OCH3 is 1. The minimum Gasteiger partial charge on any atom is -0.497 e. The normalized spacial score (nSPS) is 15.9. The zero-order valence-corrected chi connectivity index (χ0v) is 16.5. The third kappa shape index (κ3) is 4.19. The molecule has 0 unspecified atom stereocenters. The zero-order valence-electron chi connectivity index (χ0n) is 16.5. The third-order valence-electron chi connectivity index (χ3n) is 4.61. The Bertz CT molecular complexity index is 1140. The Labute approximate surface area is 172 Å². The molecule has 9 nitrogen and oxygen atoms in total. The van der Waals surface area contributed by atoms with Crippen LogP contribution in [-0.4, -0.2) is 40.9 Å². The standard InChI is InChI=1S/C21H20N6O3/c1-12-15-5-3-4-6-16(15)24-20(22-12)27-21-25-17(11-18(28)26-21)19(29)23-13-7-9-14(30-2)10-8-13/h3-10,17H,11H2,1-2H3,(H,23,29)(H2,22,24,25,26,27,28)/t17-/m1/s1. The van der Waals surface area contributed by atoms with E-state index in [-0.39, 0.29) is 24.2 Å². The van der Waals surface area contributed by atoms with Crippen molar-refractivity contribution in [3.05, 3.63) is 54.2 Å². The van der Waals surface area contributed by atoms with Crippen molar-refractivity contribution in [1.82, 2.24) is 15.3 Å². The summed E-state index contributed by atoms with van der Waals surface area (Å²) in [6, 6.07) is 13.7. The summed E-state index contributed by atoms with van der Waals surface area (Å²) in [5.41, 5.74) is 2.15. The molecule has 0 saturated carbocycles. The van der Waals surface area contributed by atoms with E-state index in [1.165, 1.54) is 0 Å². The van der Waals surface area contributed by atoms with Gasteiger partial charge in [0.2, 0.25) is 23.7 Å². The van der Waals surface area contributed by atoms with Crippen LogP contribution >= 0.6 is 0 Å². The van der Waals surface area contributed by atoms with Gasteiger partial charge in [0.1, 0.15) is 11.8 Å². The highest BCUT2D eigenvalue weighted by molar-refractivity contribution is 6.09. The van der Waals surface area contributed by atoms with Gasteiger partial charge in [0.05, 0.1) is 24.7 Å². The zero-order chi connectivity index (χ0) is 21.1. The number of para-hydroxylation sites is 1. The molecule has 1 aromatic heterocycles. The summed E-state index contributed by atoms with van der Waals surface area (Å²) in [5.74, 6) is 0.405. The molecular formula is C21H20N6O3.